The second kappa shape index (κ2) is 5.51. The van der Waals surface area contributed by atoms with E-state index in [0.29, 0.717) is 6.04 Å². The number of anilines is 1. The molecular weight excluding hydrogens is 264 g/mol. The molecule has 3 aliphatic heterocycles. The number of nitrogens with zero attached hydrogens (tertiary/aromatic N) is 4. The zero-order chi connectivity index (χ0) is 14.2. The summed E-state index contributed by atoms with van der Waals surface area (Å²) < 4.78 is 0. The third kappa shape index (κ3) is 2.41. The van der Waals surface area contributed by atoms with Crippen molar-refractivity contribution in [2.75, 3.05) is 38.1 Å². The van der Waals surface area contributed by atoms with Crippen molar-refractivity contribution in [3.05, 3.63) is 17.1 Å². The quantitative estimate of drug-likeness (QED) is 0.474. The number of piperazine rings is 3. The summed E-state index contributed by atoms with van der Waals surface area (Å²) in [5, 5.41) is 0. The number of hydrogen-bond donors (Lipinski definition) is 2. The highest BCUT2D eigenvalue weighted by Gasteiger charge is 2.35. The zero-order valence-electron chi connectivity index (χ0n) is 12.5. The Balaban J connectivity index is 1.71. The number of rotatable bonds is 2. The Kier molecular flexibility index (Phi) is 3.52. The lowest BCUT2D eigenvalue weighted by Gasteiger charge is -2.46. The van der Waals surface area contributed by atoms with Crippen molar-refractivity contribution >= 4 is 5.82 Å². The highest BCUT2D eigenvalue weighted by molar-refractivity contribution is 5.46. The van der Waals surface area contributed by atoms with Crippen molar-refractivity contribution in [2.24, 2.45) is 5.84 Å². The molecule has 114 valence electrons. The van der Waals surface area contributed by atoms with Crippen LogP contribution in [0, 0.1) is 0 Å². The lowest BCUT2D eigenvalue weighted by Crippen LogP contribution is -2.57. The van der Waals surface area contributed by atoms with Gasteiger partial charge in [0.15, 0.2) is 0 Å². The van der Waals surface area contributed by atoms with Gasteiger partial charge < -0.3 is 5.43 Å². The van der Waals surface area contributed by atoms with E-state index < -0.39 is 0 Å². The van der Waals surface area contributed by atoms with Gasteiger partial charge in [0.05, 0.1) is 6.04 Å². The highest BCUT2D eigenvalue weighted by Crippen LogP contribution is 2.30. The Bertz CT molecular complexity index is 523. The van der Waals surface area contributed by atoms with E-state index in [1.165, 1.54) is 43.6 Å². The molecule has 4 aliphatic rings. The molecule has 6 nitrogen and oxygen atoms in total. The van der Waals surface area contributed by atoms with Crippen LogP contribution in [-0.4, -0.2) is 52.5 Å². The minimum absolute atomic E-state index is 0.341. The van der Waals surface area contributed by atoms with E-state index in [9.17, 15) is 0 Å². The summed E-state index contributed by atoms with van der Waals surface area (Å²) >= 11 is 0. The van der Waals surface area contributed by atoms with Gasteiger partial charge >= 0.3 is 0 Å². The summed E-state index contributed by atoms with van der Waals surface area (Å²) in [6.45, 7) is 5.70. The fourth-order valence-corrected chi connectivity index (χ4v) is 3.92. The van der Waals surface area contributed by atoms with Gasteiger partial charge in [-0.2, -0.15) is 0 Å². The Labute approximate surface area is 125 Å². The molecule has 0 spiro atoms. The smallest absolute Gasteiger partial charge is 0.149 e. The van der Waals surface area contributed by atoms with Crippen LogP contribution in [0.5, 0.6) is 0 Å². The molecule has 0 saturated carbocycles. The molecule has 2 bridgehead atoms. The molecule has 5 rings (SSSR count). The standard InChI is InChI=1S/C15H24N6/c16-19-14-11-4-2-1-3-5-12(11)17-15(18-14)13-10-20-6-8-21(13)9-7-20/h13H,1-10,16H2,(H,17,18,19). The Morgan fingerprint density at radius 1 is 1.00 bits per heavy atom. The van der Waals surface area contributed by atoms with E-state index in [4.69, 9.17) is 15.8 Å². The van der Waals surface area contributed by atoms with Gasteiger partial charge in [0.2, 0.25) is 0 Å². The summed E-state index contributed by atoms with van der Waals surface area (Å²) in [5.41, 5.74) is 5.29. The lowest BCUT2D eigenvalue weighted by atomic mass is 10.1. The molecule has 21 heavy (non-hydrogen) atoms. The van der Waals surface area contributed by atoms with Gasteiger partial charge in [-0.3, -0.25) is 9.80 Å². The van der Waals surface area contributed by atoms with Crippen LogP contribution in [0.2, 0.25) is 0 Å². The number of hydrazine groups is 1. The van der Waals surface area contributed by atoms with E-state index in [-0.39, 0.29) is 0 Å². The van der Waals surface area contributed by atoms with Crippen molar-refractivity contribution in [2.45, 2.75) is 38.1 Å². The molecule has 1 aromatic heterocycles. The van der Waals surface area contributed by atoms with Crippen LogP contribution in [0.3, 0.4) is 0 Å². The summed E-state index contributed by atoms with van der Waals surface area (Å²) in [5.74, 6) is 7.56. The number of aryl methyl sites for hydroxylation is 1. The van der Waals surface area contributed by atoms with Crippen LogP contribution in [-0.2, 0) is 12.8 Å². The van der Waals surface area contributed by atoms with Gasteiger partial charge in [-0.15, -0.1) is 0 Å². The molecule has 0 amide bonds. The molecule has 1 unspecified atom stereocenters. The minimum Gasteiger partial charge on any atom is -0.308 e. The largest absolute Gasteiger partial charge is 0.308 e. The lowest BCUT2D eigenvalue weighted by molar-refractivity contribution is 0.00860. The third-order valence-corrected chi connectivity index (χ3v) is 5.16. The maximum atomic E-state index is 5.73. The fraction of sp³-hybridized carbons (Fsp3) is 0.733. The molecule has 4 heterocycles. The number of nitrogens with two attached hydrogens (primary N) is 1. The van der Waals surface area contributed by atoms with Crippen LogP contribution >= 0.6 is 0 Å². The van der Waals surface area contributed by atoms with Crippen LogP contribution in [0.25, 0.3) is 0 Å². The van der Waals surface area contributed by atoms with E-state index in [2.05, 4.69) is 15.2 Å². The number of hydrogen-bond acceptors (Lipinski definition) is 6. The SMILES string of the molecule is NNc1nc(C2CN3CCN2CC3)nc2c1CCCCC2. The molecule has 6 heteroatoms. The first-order valence-electron chi connectivity index (χ1n) is 8.18. The van der Waals surface area contributed by atoms with Crippen LogP contribution in [0.15, 0.2) is 0 Å². The summed E-state index contributed by atoms with van der Waals surface area (Å²) in [6, 6.07) is 0.341. The monoisotopic (exact) mass is 288 g/mol. The van der Waals surface area contributed by atoms with E-state index in [0.717, 1.165) is 44.1 Å². The Morgan fingerprint density at radius 3 is 2.52 bits per heavy atom. The van der Waals surface area contributed by atoms with Gasteiger partial charge in [-0.05, 0) is 25.7 Å². The van der Waals surface area contributed by atoms with Gasteiger partial charge in [0.25, 0.3) is 0 Å². The average Bonchev–Trinajstić information content (AvgIpc) is 2.80. The number of fused-ring (bicyclic) bond motifs is 4. The fourth-order valence-electron chi connectivity index (χ4n) is 3.92. The van der Waals surface area contributed by atoms with Crippen molar-refractivity contribution in [1.29, 1.82) is 0 Å². The summed E-state index contributed by atoms with van der Waals surface area (Å²) in [6.07, 6.45) is 5.84. The molecule has 1 aromatic rings. The number of aromatic nitrogens is 2. The van der Waals surface area contributed by atoms with Crippen LogP contribution < -0.4 is 11.3 Å². The van der Waals surface area contributed by atoms with E-state index in [1.54, 1.807) is 0 Å². The molecule has 1 aliphatic carbocycles. The predicted molar refractivity (Wildman–Crippen MR) is 81.9 cm³/mol. The second-order valence-corrected chi connectivity index (χ2v) is 6.41. The van der Waals surface area contributed by atoms with E-state index >= 15 is 0 Å². The maximum Gasteiger partial charge on any atom is 0.149 e. The summed E-state index contributed by atoms with van der Waals surface area (Å²) in [7, 11) is 0. The van der Waals surface area contributed by atoms with Crippen LogP contribution in [0.1, 0.15) is 42.4 Å². The Hall–Kier alpha value is -1.24. The average molecular weight is 288 g/mol. The van der Waals surface area contributed by atoms with Crippen molar-refractivity contribution in [3.8, 4) is 0 Å². The molecule has 1 atom stereocenters. The zero-order valence-corrected chi connectivity index (χ0v) is 12.5. The Morgan fingerprint density at radius 2 is 1.81 bits per heavy atom. The third-order valence-electron chi connectivity index (χ3n) is 5.16. The maximum absolute atomic E-state index is 5.73. The molecule has 0 radical (unpaired) electrons. The molecule has 3 fully saturated rings. The van der Waals surface area contributed by atoms with E-state index in [1.807, 2.05) is 0 Å². The van der Waals surface area contributed by atoms with Gasteiger partial charge in [-0.1, -0.05) is 6.42 Å². The van der Waals surface area contributed by atoms with Gasteiger partial charge in [-0.25, -0.2) is 15.8 Å². The predicted octanol–water partition coefficient (Wildman–Crippen LogP) is 0.703. The topological polar surface area (TPSA) is 70.3 Å². The molecule has 0 aromatic carbocycles. The number of nitrogen functional groups attached to an aromatic ring is 1. The molecule has 3 saturated heterocycles. The normalized spacial score (nSPS) is 31.6. The summed E-state index contributed by atoms with van der Waals surface area (Å²) in [4.78, 5) is 14.8. The molecule has 3 N–H and O–H groups in total. The van der Waals surface area contributed by atoms with Crippen molar-refractivity contribution in [1.82, 2.24) is 19.8 Å². The van der Waals surface area contributed by atoms with Crippen molar-refractivity contribution in [3.63, 3.8) is 0 Å². The number of nitrogens with one attached hydrogen (secondary N) is 1. The van der Waals surface area contributed by atoms with Gasteiger partial charge in [0, 0.05) is 44.0 Å². The molecular formula is C15H24N6. The first-order valence-corrected chi connectivity index (χ1v) is 8.18. The minimum atomic E-state index is 0.341. The highest BCUT2D eigenvalue weighted by atomic mass is 15.4. The van der Waals surface area contributed by atoms with Crippen LogP contribution in [0.4, 0.5) is 5.82 Å². The second-order valence-electron chi connectivity index (χ2n) is 6.41. The van der Waals surface area contributed by atoms with Crippen molar-refractivity contribution < 1.29 is 0 Å². The first-order chi connectivity index (χ1) is 10.3. The van der Waals surface area contributed by atoms with Gasteiger partial charge in [0.1, 0.15) is 11.6 Å². The first kappa shape index (κ1) is 13.4.